The lowest BCUT2D eigenvalue weighted by atomic mass is 10.2. The molecule has 1 N–H and O–H groups in total. The quantitative estimate of drug-likeness (QED) is 0.321. The molecule has 6 nitrogen and oxygen atoms in total. The van der Waals surface area contributed by atoms with Crippen LogP contribution in [0.15, 0.2) is 71.6 Å². The largest absolute Gasteiger partial charge is 0.457 e. The van der Waals surface area contributed by atoms with Crippen LogP contribution in [-0.4, -0.2) is 18.2 Å². The first-order valence-electron chi connectivity index (χ1n) is 10.8. The Morgan fingerprint density at radius 3 is 2.35 bits per heavy atom. The van der Waals surface area contributed by atoms with Gasteiger partial charge in [-0.1, -0.05) is 41.9 Å². The van der Waals surface area contributed by atoms with Crippen molar-refractivity contribution in [2.75, 3.05) is 4.72 Å². The Kier molecular flexibility index (Phi) is 6.68. The maximum atomic E-state index is 13.2. The molecule has 1 heterocycles. The molecular weight excluding hydrogens is 470 g/mol. The van der Waals surface area contributed by atoms with Crippen molar-refractivity contribution in [1.82, 2.24) is 9.78 Å². The van der Waals surface area contributed by atoms with Crippen LogP contribution in [0.5, 0.6) is 11.5 Å². The third kappa shape index (κ3) is 5.11. The van der Waals surface area contributed by atoms with E-state index in [1.807, 2.05) is 61.5 Å². The summed E-state index contributed by atoms with van der Waals surface area (Å²) in [4.78, 5) is 0.201. The van der Waals surface area contributed by atoms with Gasteiger partial charge in [0.1, 0.15) is 11.5 Å². The average Bonchev–Trinajstić information content (AvgIpc) is 3.04. The fourth-order valence-corrected chi connectivity index (χ4v) is 5.44. The van der Waals surface area contributed by atoms with E-state index < -0.39 is 10.0 Å². The van der Waals surface area contributed by atoms with Crippen LogP contribution in [-0.2, 0) is 16.6 Å². The van der Waals surface area contributed by atoms with Crippen LogP contribution in [0.1, 0.15) is 28.1 Å². The van der Waals surface area contributed by atoms with Crippen molar-refractivity contribution < 1.29 is 13.2 Å². The minimum Gasteiger partial charge on any atom is -0.457 e. The van der Waals surface area contributed by atoms with Crippen LogP contribution in [0.2, 0.25) is 5.02 Å². The molecular formula is C26H26ClN3O3S. The molecule has 0 fully saturated rings. The van der Waals surface area contributed by atoms with E-state index in [9.17, 15) is 8.42 Å². The molecule has 1 aromatic heterocycles. The van der Waals surface area contributed by atoms with Crippen molar-refractivity contribution in [3.63, 3.8) is 0 Å². The van der Waals surface area contributed by atoms with Crippen molar-refractivity contribution in [3.8, 4) is 11.5 Å². The van der Waals surface area contributed by atoms with Gasteiger partial charge in [0, 0.05) is 5.02 Å². The average molecular weight is 496 g/mol. The third-order valence-electron chi connectivity index (χ3n) is 5.57. The van der Waals surface area contributed by atoms with Gasteiger partial charge in [-0.25, -0.2) is 8.42 Å². The highest BCUT2D eigenvalue weighted by Crippen LogP contribution is 2.29. The highest BCUT2D eigenvalue weighted by atomic mass is 35.5. The summed E-state index contributed by atoms with van der Waals surface area (Å²) in [5.74, 6) is 1.48. The van der Waals surface area contributed by atoms with Crippen LogP contribution in [0.3, 0.4) is 0 Å². The normalized spacial score (nSPS) is 11.4. The number of rotatable bonds is 7. The zero-order chi connectivity index (χ0) is 24.5. The molecule has 0 unspecified atom stereocenters. The molecule has 0 spiro atoms. The highest BCUT2D eigenvalue weighted by molar-refractivity contribution is 7.92. The lowest BCUT2D eigenvalue weighted by Gasteiger charge is -2.13. The van der Waals surface area contributed by atoms with Crippen molar-refractivity contribution >= 4 is 27.3 Å². The summed E-state index contributed by atoms with van der Waals surface area (Å²) in [5, 5.41) is 5.12. The first kappa shape index (κ1) is 23.9. The Morgan fingerprint density at radius 1 is 0.912 bits per heavy atom. The molecule has 8 heteroatoms. The monoisotopic (exact) mass is 495 g/mol. The molecule has 4 rings (SSSR count). The second kappa shape index (κ2) is 9.52. The number of ether oxygens (including phenoxy) is 1. The number of nitrogens with one attached hydrogen (secondary N) is 1. The van der Waals surface area contributed by atoms with Crippen LogP contribution in [0.25, 0.3) is 0 Å². The van der Waals surface area contributed by atoms with Crippen LogP contribution >= 0.6 is 11.6 Å². The van der Waals surface area contributed by atoms with Crippen LogP contribution in [0, 0.1) is 27.7 Å². The standard InChI is InChI=1S/C26H26ClN3O3S/c1-17-14-25(18(2)13-24(17)27)34(31,32)29-26-19(3)28-30(20(26)4)16-21-9-8-12-23(15-21)33-22-10-6-5-7-11-22/h5-15,29H,16H2,1-4H3. The van der Waals surface area contributed by atoms with Gasteiger partial charge in [0.25, 0.3) is 10.0 Å². The molecule has 0 saturated heterocycles. The Balaban J connectivity index is 1.58. The number of para-hydroxylation sites is 1. The first-order chi connectivity index (χ1) is 16.1. The number of aryl methyl sites for hydroxylation is 3. The van der Waals surface area contributed by atoms with Crippen molar-refractivity contribution in [3.05, 3.63) is 99.8 Å². The SMILES string of the molecule is Cc1cc(S(=O)(=O)Nc2c(C)nn(Cc3cccc(Oc4ccccc4)c3)c2C)c(C)cc1Cl. The fraction of sp³-hybridized carbons (Fsp3) is 0.192. The lowest BCUT2D eigenvalue weighted by Crippen LogP contribution is -2.16. The molecule has 176 valence electrons. The Morgan fingerprint density at radius 2 is 1.62 bits per heavy atom. The zero-order valence-corrected chi connectivity index (χ0v) is 21.0. The summed E-state index contributed by atoms with van der Waals surface area (Å²) in [7, 11) is -3.81. The zero-order valence-electron chi connectivity index (χ0n) is 19.5. The van der Waals surface area contributed by atoms with Gasteiger partial charge < -0.3 is 4.74 Å². The van der Waals surface area contributed by atoms with E-state index in [1.54, 1.807) is 37.6 Å². The Hall–Kier alpha value is -3.29. The molecule has 0 amide bonds. The number of anilines is 1. The summed E-state index contributed by atoms with van der Waals surface area (Å²) in [6.45, 7) is 7.62. The predicted octanol–water partition coefficient (Wildman–Crippen LogP) is 6.41. The number of hydrogen-bond acceptors (Lipinski definition) is 4. The van der Waals surface area contributed by atoms with Gasteiger partial charge in [-0.05, 0) is 80.8 Å². The molecule has 0 saturated carbocycles. The first-order valence-corrected chi connectivity index (χ1v) is 12.7. The number of nitrogens with zero attached hydrogens (tertiary/aromatic N) is 2. The number of aromatic nitrogens is 2. The van der Waals surface area contributed by atoms with E-state index in [1.165, 1.54) is 0 Å². The van der Waals surface area contributed by atoms with E-state index in [2.05, 4.69) is 9.82 Å². The van der Waals surface area contributed by atoms with Gasteiger partial charge in [0.15, 0.2) is 0 Å². The lowest BCUT2D eigenvalue weighted by molar-refractivity contribution is 0.481. The third-order valence-corrected chi connectivity index (χ3v) is 7.47. The van der Waals surface area contributed by atoms with E-state index >= 15 is 0 Å². The van der Waals surface area contributed by atoms with E-state index in [0.717, 1.165) is 22.8 Å². The second-order valence-corrected chi connectivity index (χ2v) is 10.3. The maximum Gasteiger partial charge on any atom is 0.262 e. The molecule has 3 aromatic carbocycles. The van der Waals surface area contributed by atoms with E-state index in [-0.39, 0.29) is 4.90 Å². The minimum absolute atomic E-state index is 0.201. The van der Waals surface area contributed by atoms with Gasteiger partial charge in [-0.15, -0.1) is 0 Å². The van der Waals surface area contributed by atoms with Crippen molar-refractivity contribution in [2.45, 2.75) is 39.1 Å². The molecule has 34 heavy (non-hydrogen) atoms. The topological polar surface area (TPSA) is 73.2 Å². The van der Waals surface area contributed by atoms with Gasteiger partial charge in [0.05, 0.1) is 28.5 Å². The summed E-state index contributed by atoms with van der Waals surface area (Å²) >= 11 is 6.15. The molecule has 0 bridgehead atoms. The molecule has 0 atom stereocenters. The van der Waals surface area contributed by atoms with Gasteiger partial charge in [-0.3, -0.25) is 9.40 Å². The molecule has 0 aliphatic heterocycles. The Bertz CT molecular complexity index is 1450. The Labute approximate surface area is 205 Å². The smallest absolute Gasteiger partial charge is 0.262 e. The number of benzene rings is 3. The second-order valence-electron chi connectivity index (χ2n) is 8.24. The number of hydrogen-bond donors (Lipinski definition) is 1. The van der Waals surface area contributed by atoms with Gasteiger partial charge >= 0.3 is 0 Å². The molecule has 4 aromatic rings. The predicted molar refractivity (Wildman–Crippen MR) is 135 cm³/mol. The van der Waals surface area contributed by atoms with Crippen LogP contribution < -0.4 is 9.46 Å². The summed E-state index contributed by atoms with van der Waals surface area (Å²) in [5.41, 5.74) is 4.07. The molecule has 0 radical (unpaired) electrons. The van der Waals surface area contributed by atoms with E-state index in [0.29, 0.717) is 34.1 Å². The van der Waals surface area contributed by atoms with E-state index in [4.69, 9.17) is 16.3 Å². The molecule has 0 aliphatic carbocycles. The highest BCUT2D eigenvalue weighted by Gasteiger charge is 2.22. The number of sulfonamides is 1. The van der Waals surface area contributed by atoms with Crippen molar-refractivity contribution in [1.29, 1.82) is 0 Å². The summed E-state index contributed by atoms with van der Waals surface area (Å²) < 4.78 is 36.8. The van der Waals surface area contributed by atoms with Gasteiger partial charge in [0.2, 0.25) is 0 Å². The van der Waals surface area contributed by atoms with Crippen LogP contribution in [0.4, 0.5) is 5.69 Å². The fourth-order valence-electron chi connectivity index (χ4n) is 3.74. The minimum atomic E-state index is -3.81. The van der Waals surface area contributed by atoms with Crippen molar-refractivity contribution in [2.24, 2.45) is 0 Å². The molecule has 0 aliphatic rings. The maximum absolute atomic E-state index is 13.2. The summed E-state index contributed by atoms with van der Waals surface area (Å²) in [6.07, 6.45) is 0. The number of halogens is 1. The van der Waals surface area contributed by atoms with Gasteiger partial charge in [-0.2, -0.15) is 5.10 Å². The summed E-state index contributed by atoms with van der Waals surface area (Å²) in [6, 6.07) is 20.6.